The molecular weight excluding hydrogens is 535 g/mol. The fraction of sp³-hybridized carbons (Fsp3) is 0.310. The number of imidazole rings is 1. The van der Waals surface area contributed by atoms with Crippen molar-refractivity contribution in [2.45, 2.75) is 32.0 Å². The van der Waals surface area contributed by atoms with E-state index in [-0.39, 0.29) is 23.1 Å². The van der Waals surface area contributed by atoms with E-state index in [2.05, 4.69) is 21.4 Å². The zero-order chi connectivity index (χ0) is 29.5. The Balaban J connectivity index is 1.62. The lowest BCUT2D eigenvalue weighted by atomic mass is 9.80. The molecule has 41 heavy (non-hydrogen) atoms. The number of nitriles is 1. The molecule has 1 fully saturated rings. The van der Waals surface area contributed by atoms with Gasteiger partial charge in [-0.25, -0.2) is 18.8 Å². The van der Waals surface area contributed by atoms with Crippen LogP contribution in [0.3, 0.4) is 0 Å². The molecule has 12 heteroatoms. The summed E-state index contributed by atoms with van der Waals surface area (Å²) < 4.78 is 44.2. The third-order valence-corrected chi connectivity index (χ3v) is 7.23. The maximum absolute atomic E-state index is 13.8. The second-order valence-corrected chi connectivity index (χ2v) is 10.5. The molecule has 0 saturated heterocycles. The second kappa shape index (κ2) is 10.7. The molecule has 0 radical (unpaired) electrons. The number of aromatic nitrogens is 4. The first-order valence-corrected chi connectivity index (χ1v) is 13.0. The molecule has 1 amide bonds. The Morgan fingerprint density at radius 3 is 2.46 bits per heavy atom. The Morgan fingerprint density at radius 1 is 1.12 bits per heavy atom. The number of nitrogens with zero attached hydrogens (tertiary/aromatic N) is 6. The van der Waals surface area contributed by atoms with Gasteiger partial charge >= 0.3 is 17.9 Å². The van der Waals surface area contributed by atoms with Gasteiger partial charge in [0.25, 0.3) is 0 Å². The zero-order valence-electron chi connectivity index (χ0n) is 22.7. The highest BCUT2D eigenvalue weighted by atomic mass is 19.4. The van der Waals surface area contributed by atoms with Gasteiger partial charge in [0, 0.05) is 12.6 Å². The van der Waals surface area contributed by atoms with Gasteiger partial charge in [-0.15, -0.1) is 0 Å². The molecule has 2 heterocycles. The number of nitrogens with one attached hydrogen (secondary N) is 1. The van der Waals surface area contributed by atoms with Crippen LogP contribution in [0.5, 0.6) is 0 Å². The van der Waals surface area contributed by atoms with E-state index >= 15 is 0 Å². The maximum atomic E-state index is 13.8. The van der Waals surface area contributed by atoms with E-state index in [1.807, 2.05) is 14.1 Å². The first-order valence-electron chi connectivity index (χ1n) is 13.0. The molecule has 2 aromatic carbocycles. The minimum Gasteiger partial charge on any atom is -0.335 e. The van der Waals surface area contributed by atoms with E-state index in [0.717, 1.165) is 40.7 Å². The fourth-order valence-corrected chi connectivity index (χ4v) is 5.34. The van der Waals surface area contributed by atoms with Crippen LogP contribution in [-0.2, 0) is 6.18 Å². The van der Waals surface area contributed by atoms with Crippen molar-refractivity contribution < 1.29 is 18.0 Å². The number of rotatable bonds is 6. The molecule has 4 aromatic rings. The van der Waals surface area contributed by atoms with Crippen LogP contribution < -0.4 is 11.0 Å². The van der Waals surface area contributed by atoms with Crippen molar-refractivity contribution >= 4 is 6.03 Å². The molecule has 0 aliphatic heterocycles. The Bertz CT molecular complexity index is 1680. The van der Waals surface area contributed by atoms with Crippen molar-refractivity contribution in [3.63, 3.8) is 0 Å². The van der Waals surface area contributed by atoms with E-state index in [9.17, 15) is 22.8 Å². The van der Waals surface area contributed by atoms with Crippen LogP contribution in [0.25, 0.3) is 22.8 Å². The SMILES string of the molecule is Cc1c(-c2ccnn2-c2ccc(C#N)cc2)n(C(=O)NC2CC(CN(C)C)C2)c(=O)n1-c1cccc(C(F)(F)F)c1. The molecule has 1 aliphatic rings. The van der Waals surface area contributed by atoms with E-state index in [1.165, 1.54) is 23.0 Å². The maximum Gasteiger partial charge on any atom is 0.416 e. The summed E-state index contributed by atoms with van der Waals surface area (Å²) in [4.78, 5) is 29.6. The monoisotopic (exact) mass is 563 g/mol. The van der Waals surface area contributed by atoms with Crippen LogP contribution in [0.1, 0.15) is 29.7 Å². The number of carbonyl (C=O) groups excluding carboxylic acids is 1. The lowest BCUT2D eigenvalue weighted by Crippen LogP contribution is -2.49. The van der Waals surface area contributed by atoms with Gasteiger partial charge in [0.05, 0.1) is 46.2 Å². The lowest BCUT2D eigenvalue weighted by Gasteiger charge is -2.37. The lowest BCUT2D eigenvalue weighted by molar-refractivity contribution is -0.137. The summed E-state index contributed by atoms with van der Waals surface area (Å²) in [7, 11) is 3.96. The molecule has 0 atom stereocenters. The summed E-state index contributed by atoms with van der Waals surface area (Å²) in [5.74, 6) is 0.417. The first kappa shape index (κ1) is 27.9. The van der Waals surface area contributed by atoms with E-state index in [4.69, 9.17) is 5.26 Å². The Hall–Kier alpha value is -4.63. The Kier molecular flexibility index (Phi) is 7.31. The van der Waals surface area contributed by atoms with E-state index < -0.39 is 23.5 Å². The minimum atomic E-state index is -4.61. The highest BCUT2D eigenvalue weighted by molar-refractivity contribution is 5.83. The summed E-state index contributed by atoms with van der Waals surface area (Å²) in [5.41, 5.74) is 0.113. The highest BCUT2D eigenvalue weighted by Crippen LogP contribution is 2.32. The van der Waals surface area contributed by atoms with Crippen LogP contribution in [0, 0.1) is 24.2 Å². The fourth-order valence-electron chi connectivity index (χ4n) is 5.34. The van der Waals surface area contributed by atoms with Crippen molar-refractivity contribution in [3.05, 3.63) is 88.1 Å². The molecule has 212 valence electrons. The van der Waals surface area contributed by atoms with Crippen LogP contribution in [0.4, 0.5) is 18.0 Å². The number of hydrogen-bond acceptors (Lipinski definition) is 5. The quantitative estimate of drug-likeness (QED) is 0.370. The van der Waals surface area contributed by atoms with Crippen molar-refractivity contribution in [2.75, 3.05) is 20.6 Å². The smallest absolute Gasteiger partial charge is 0.335 e. The first-order chi connectivity index (χ1) is 19.5. The van der Waals surface area contributed by atoms with Gasteiger partial charge in [0.2, 0.25) is 0 Å². The number of alkyl halides is 3. The molecule has 0 bridgehead atoms. The molecule has 1 N–H and O–H groups in total. The van der Waals surface area contributed by atoms with Crippen molar-refractivity contribution in [3.8, 4) is 28.8 Å². The van der Waals surface area contributed by atoms with Gasteiger partial charge in [-0.3, -0.25) is 4.57 Å². The molecule has 1 aliphatic carbocycles. The number of benzene rings is 2. The van der Waals surface area contributed by atoms with Gasteiger partial charge in [0.15, 0.2) is 0 Å². The van der Waals surface area contributed by atoms with Gasteiger partial charge in [0.1, 0.15) is 5.69 Å². The summed E-state index contributed by atoms with van der Waals surface area (Å²) in [6.07, 6.45) is -1.61. The second-order valence-electron chi connectivity index (χ2n) is 10.5. The Morgan fingerprint density at radius 2 is 1.83 bits per heavy atom. The largest absolute Gasteiger partial charge is 0.416 e. The topological polar surface area (TPSA) is 101 Å². The highest BCUT2D eigenvalue weighted by Gasteiger charge is 2.34. The average Bonchev–Trinajstić information content (AvgIpc) is 3.48. The van der Waals surface area contributed by atoms with E-state index in [1.54, 1.807) is 37.3 Å². The normalized spacial score (nSPS) is 16.8. The third-order valence-electron chi connectivity index (χ3n) is 7.23. The zero-order valence-corrected chi connectivity index (χ0v) is 22.7. The molecular formula is C29H28F3N7O2. The number of carbonyl (C=O) groups is 1. The van der Waals surface area contributed by atoms with Gasteiger partial charge in [-0.2, -0.15) is 23.5 Å². The average molecular weight is 564 g/mol. The standard InChI is InChI=1S/C29H28F3N7O2/c1-18-26(25-11-12-34-39(25)23-9-7-19(16-33)8-10-23)38(27(40)35-22-13-20(14-22)17-36(2)3)28(41)37(18)24-6-4-5-21(15-24)29(30,31)32/h4-12,15,20,22H,13-14,17H2,1-3H3,(H,35,40). The Labute approximate surface area is 234 Å². The van der Waals surface area contributed by atoms with Crippen LogP contribution in [0.2, 0.25) is 0 Å². The molecule has 2 aromatic heterocycles. The molecule has 0 unspecified atom stereocenters. The predicted molar refractivity (Wildman–Crippen MR) is 146 cm³/mol. The summed E-state index contributed by atoms with van der Waals surface area (Å²) in [6.45, 7) is 2.46. The summed E-state index contributed by atoms with van der Waals surface area (Å²) in [5, 5.41) is 16.5. The molecule has 9 nitrogen and oxygen atoms in total. The van der Waals surface area contributed by atoms with Crippen molar-refractivity contribution in [1.29, 1.82) is 5.26 Å². The summed E-state index contributed by atoms with van der Waals surface area (Å²) >= 11 is 0. The number of amides is 1. The summed E-state index contributed by atoms with van der Waals surface area (Å²) in [6, 6.07) is 13.9. The van der Waals surface area contributed by atoms with Gasteiger partial charge < -0.3 is 10.2 Å². The van der Waals surface area contributed by atoms with Crippen molar-refractivity contribution in [1.82, 2.24) is 29.1 Å². The third kappa shape index (κ3) is 5.40. The van der Waals surface area contributed by atoms with Gasteiger partial charge in [-0.05, 0) is 88.3 Å². The minimum absolute atomic E-state index is 0.0192. The van der Waals surface area contributed by atoms with Crippen molar-refractivity contribution in [2.24, 2.45) is 5.92 Å². The van der Waals surface area contributed by atoms with Crippen LogP contribution in [0.15, 0.2) is 65.6 Å². The molecule has 5 rings (SSSR count). The number of halogens is 3. The van der Waals surface area contributed by atoms with E-state index in [0.29, 0.717) is 22.9 Å². The predicted octanol–water partition coefficient (Wildman–Crippen LogP) is 4.59. The van der Waals surface area contributed by atoms with Gasteiger partial charge in [-0.1, -0.05) is 6.07 Å². The molecule has 1 saturated carbocycles. The van der Waals surface area contributed by atoms with Crippen LogP contribution >= 0.6 is 0 Å². The van der Waals surface area contributed by atoms with Crippen LogP contribution in [-0.4, -0.2) is 56.5 Å². The number of hydrogen-bond donors (Lipinski definition) is 1. The molecule has 0 spiro atoms.